The minimum atomic E-state index is -3.54. The number of aryl methyl sites for hydroxylation is 1. The van der Waals surface area contributed by atoms with Gasteiger partial charge in [0.25, 0.3) is 0 Å². The Morgan fingerprint density at radius 2 is 1.85 bits per heavy atom. The van der Waals surface area contributed by atoms with Gasteiger partial charge >= 0.3 is 7.60 Å². The Hall–Kier alpha value is -1.66. The van der Waals surface area contributed by atoms with Gasteiger partial charge in [0.05, 0.1) is 0 Å². The largest absolute Gasteiger partial charge is 0.418 e. The highest BCUT2D eigenvalue weighted by atomic mass is 31.2. The van der Waals surface area contributed by atoms with E-state index in [1.54, 1.807) is 0 Å². The van der Waals surface area contributed by atoms with Gasteiger partial charge in [-0.15, -0.1) is 0 Å². The van der Waals surface area contributed by atoms with Crippen molar-refractivity contribution in [2.24, 2.45) is 5.84 Å². The monoisotopic (exact) mass is 297 g/mol. The van der Waals surface area contributed by atoms with Crippen molar-refractivity contribution in [2.75, 3.05) is 19.6 Å². The van der Waals surface area contributed by atoms with Crippen LogP contribution in [0.25, 0.3) is 11.5 Å². The van der Waals surface area contributed by atoms with Gasteiger partial charge in [0, 0.05) is 19.8 Å². The van der Waals surface area contributed by atoms with Gasteiger partial charge < -0.3 is 13.5 Å². The molecule has 0 saturated carbocycles. The highest BCUT2D eigenvalue weighted by Gasteiger charge is 2.34. The van der Waals surface area contributed by atoms with Crippen LogP contribution in [0, 0.1) is 6.92 Å². The lowest BCUT2D eigenvalue weighted by atomic mass is 10.1. The highest BCUT2D eigenvalue weighted by molar-refractivity contribution is 7.62. The molecular formula is C12H16N3O4P. The molecule has 7 nitrogen and oxygen atoms in total. The lowest BCUT2D eigenvalue weighted by Crippen LogP contribution is -2.18. The molecule has 1 aromatic heterocycles. The van der Waals surface area contributed by atoms with Crippen molar-refractivity contribution in [2.45, 2.75) is 6.92 Å². The Morgan fingerprint density at radius 1 is 1.25 bits per heavy atom. The van der Waals surface area contributed by atoms with Gasteiger partial charge in [0.15, 0.2) is 0 Å². The molecule has 0 radical (unpaired) electrons. The molecule has 0 atom stereocenters. The van der Waals surface area contributed by atoms with E-state index in [2.05, 4.69) is 10.4 Å². The third-order valence-corrected chi connectivity index (χ3v) is 4.56. The number of aromatic nitrogens is 1. The Labute approximate surface area is 116 Å². The molecule has 0 saturated heterocycles. The minimum absolute atomic E-state index is 0.0144. The molecule has 2 aromatic rings. The molecule has 0 unspecified atom stereocenters. The van der Waals surface area contributed by atoms with Crippen molar-refractivity contribution in [3.8, 4) is 11.5 Å². The zero-order valence-electron chi connectivity index (χ0n) is 11.4. The molecule has 0 aliphatic rings. The van der Waals surface area contributed by atoms with Crippen molar-refractivity contribution < 1.29 is 18.0 Å². The van der Waals surface area contributed by atoms with Crippen LogP contribution in [-0.2, 0) is 13.6 Å². The molecule has 0 fully saturated rings. The van der Waals surface area contributed by atoms with Gasteiger partial charge in [-0.2, -0.15) is 4.98 Å². The van der Waals surface area contributed by atoms with E-state index in [0.29, 0.717) is 0 Å². The van der Waals surface area contributed by atoms with Gasteiger partial charge in [-0.1, -0.05) is 17.7 Å². The summed E-state index contributed by atoms with van der Waals surface area (Å²) in [5, 5.41) is 0. The van der Waals surface area contributed by atoms with Crippen LogP contribution in [0.4, 0.5) is 5.88 Å². The van der Waals surface area contributed by atoms with E-state index < -0.39 is 7.60 Å². The summed E-state index contributed by atoms with van der Waals surface area (Å²) in [6, 6.07) is 7.52. The number of hydrogen-bond acceptors (Lipinski definition) is 7. The minimum Gasteiger partial charge on any atom is -0.418 e. The fourth-order valence-electron chi connectivity index (χ4n) is 1.66. The zero-order chi connectivity index (χ0) is 14.8. The van der Waals surface area contributed by atoms with Crippen molar-refractivity contribution in [1.82, 2.24) is 4.98 Å². The molecule has 2 rings (SSSR count). The van der Waals surface area contributed by atoms with Crippen LogP contribution in [0.3, 0.4) is 0 Å². The van der Waals surface area contributed by atoms with Gasteiger partial charge in [0.2, 0.25) is 17.2 Å². The van der Waals surface area contributed by atoms with Gasteiger partial charge in [-0.05, 0) is 19.1 Å². The Bertz CT molecular complexity index is 631. The number of benzene rings is 1. The zero-order valence-corrected chi connectivity index (χ0v) is 12.3. The maximum Gasteiger partial charge on any atom is 0.384 e. The number of hydrazine groups is 1. The molecular weight excluding hydrogens is 281 g/mol. The van der Waals surface area contributed by atoms with Crippen molar-refractivity contribution in [1.29, 1.82) is 0 Å². The molecule has 8 heteroatoms. The highest BCUT2D eigenvalue weighted by Crippen LogP contribution is 2.47. The third-order valence-electron chi connectivity index (χ3n) is 2.78. The summed E-state index contributed by atoms with van der Waals surface area (Å²) < 4.78 is 27.6. The third kappa shape index (κ3) is 2.62. The smallest absolute Gasteiger partial charge is 0.384 e. The Balaban J connectivity index is 2.51. The first kappa shape index (κ1) is 14.7. The Morgan fingerprint density at radius 3 is 2.35 bits per heavy atom. The average Bonchev–Trinajstić information content (AvgIpc) is 2.92. The van der Waals surface area contributed by atoms with E-state index in [1.807, 2.05) is 31.2 Å². The fourth-order valence-corrected chi connectivity index (χ4v) is 2.73. The summed E-state index contributed by atoms with van der Waals surface area (Å²) in [6.07, 6.45) is 0. The summed E-state index contributed by atoms with van der Waals surface area (Å²) in [6.45, 7) is 1.97. The molecule has 0 bridgehead atoms. The number of oxazole rings is 1. The number of nitrogens with one attached hydrogen (secondary N) is 1. The molecule has 108 valence electrons. The predicted octanol–water partition coefficient (Wildman–Crippen LogP) is 2.05. The number of anilines is 1. The molecule has 3 N–H and O–H groups in total. The van der Waals surface area contributed by atoms with E-state index in [4.69, 9.17) is 19.3 Å². The predicted molar refractivity (Wildman–Crippen MR) is 75.7 cm³/mol. The van der Waals surface area contributed by atoms with Crippen molar-refractivity contribution in [3.05, 3.63) is 29.8 Å². The van der Waals surface area contributed by atoms with E-state index in [9.17, 15) is 4.57 Å². The first-order chi connectivity index (χ1) is 9.54. The second kappa shape index (κ2) is 5.76. The van der Waals surface area contributed by atoms with Crippen LogP contribution in [0.1, 0.15) is 5.56 Å². The summed E-state index contributed by atoms with van der Waals surface area (Å²) in [5.41, 5.74) is 4.17. The summed E-state index contributed by atoms with van der Waals surface area (Å²) in [5.74, 6) is 5.68. The summed E-state index contributed by atoms with van der Waals surface area (Å²) in [7, 11) is -1.01. The number of nitrogens with zero attached hydrogens (tertiary/aromatic N) is 1. The average molecular weight is 297 g/mol. The van der Waals surface area contributed by atoms with Crippen LogP contribution < -0.4 is 16.7 Å². The standard InChI is InChI=1S/C12H16N3O4P/c1-8-4-6-9(7-5-8)10-14-12(11(15-13)19-10)20(16,17-2)18-3/h4-7,15H,13H2,1-3H3. The van der Waals surface area contributed by atoms with E-state index in [0.717, 1.165) is 11.1 Å². The van der Waals surface area contributed by atoms with Crippen molar-refractivity contribution >= 4 is 18.9 Å². The number of hydrogen-bond donors (Lipinski definition) is 2. The number of nitrogen functional groups attached to an aromatic ring is 1. The first-order valence-electron chi connectivity index (χ1n) is 5.80. The second-order valence-corrected chi connectivity index (χ2v) is 6.19. The lowest BCUT2D eigenvalue weighted by molar-refractivity contribution is 0.286. The molecule has 1 aromatic carbocycles. The SMILES string of the molecule is COP(=O)(OC)c1nc(-c2ccc(C)cc2)oc1NN. The van der Waals surface area contributed by atoms with Gasteiger partial charge in [0.1, 0.15) is 0 Å². The summed E-state index contributed by atoms with van der Waals surface area (Å²) >= 11 is 0. The second-order valence-electron chi connectivity index (χ2n) is 4.04. The van der Waals surface area contributed by atoms with Crippen molar-refractivity contribution in [3.63, 3.8) is 0 Å². The quantitative estimate of drug-likeness (QED) is 0.495. The first-order valence-corrected chi connectivity index (χ1v) is 7.35. The van der Waals surface area contributed by atoms with E-state index in [-0.39, 0.29) is 17.2 Å². The normalized spacial score (nSPS) is 11.6. The van der Waals surface area contributed by atoms with Gasteiger partial charge in [-0.25, -0.2) is 5.84 Å². The Kier molecular flexibility index (Phi) is 4.25. The molecule has 0 spiro atoms. The topological polar surface area (TPSA) is 99.6 Å². The maximum absolute atomic E-state index is 12.4. The van der Waals surface area contributed by atoms with Crippen LogP contribution in [0.2, 0.25) is 0 Å². The lowest BCUT2D eigenvalue weighted by Gasteiger charge is -2.10. The van der Waals surface area contributed by atoms with Gasteiger partial charge in [-0.3, -0.25) is 9.99 Å². The molecule has 0 aliphatic heterocycles. The van der Waals surface area contributed by atoms with Crippen LogP contribution in [-0.4, -0.2) is 19.2 Å². The van der Waals surface area contributed by atoms with E-state index in [1.165, 1.54) is 14.2 Å². The maximum atomic E-state index is 12.4. The number of rotatable bonds is 5. The van der Waals surface area contributed by atoms with Crippen LogP contribution in [0.5, 0.6) is 0 Å². The van der Waals surface area contributed by atoms with Crippen LogP contribution >= 0.6 is 7.60 Å². The fraction of sp³-hybridized carbons (Fsp3) is 0.250. The molecule has 0 aliphatic carbocycles. The molecule has 0 amide bonds. The van der Waals surface area contributed by atoms with Crippen LogP contribution in [0.15, 0.2) is 28.7 Å². The van der Waals surface area contributed by atoms with E-state index >= 15 is 0 Å². The molecule has 1 heterocycles. The summed E-state index contributed by atoms with van der Waals surface area (Å²) in [4.78, 5) is 4.17. The molecule has 20 heavy (non-hydrogen) atoms. The number of nitrogens with two attached hydrogens (primary N) is 1.